The van der Waals surface area contributed by atoms with Crippen molar-refractivity contribution in [3.05, 3.63) is 28.3 Å². The molecular formula is C14H20ClNO4S. The van der Waals surface area contributed by atoms with Crippen molar-refractivity contribution in [1.82, 2.24) is 4.72 Å². The molecule has 1 aliphatic heterocycles. The van der Waals surface area contributed by atoms with E-state index >= 15 is 0 Å². The van der Waals surface area contributed by atoms with Crippen LogP contribution in [0.2, 0.25) is 5.02 Å². The topological polar surface area (TPSA) is 75.6 Å². The lowest BCUT2D eigenvalue weighted by Gasteiger charge is -2.22. The highest BCUT2D eigenvalue weighted by molar-refractivity contribution is 7.89. The molecule has 2 N–H and O–H groups in total. The first kappa shape index (κ1) is 16.7. The molecule has 0 radical (unpaired) electrons. The second-order valence-electron chi connectivity index (χ2n) is 5.28. The van der Waals surface area contributed by atoms with Crippen LogP contribution < -0.4 is 4.72 Å². The Morgan fingerprint density at radius 1 is 1.48 bits per heavy atom. The normalized spacial score (nSPS) is 19.7. The molecule has 0 aliphatic carbocycles. The quantitative estimate of drug-likeness (QED) is 0.862. The van der Waals surface area contributed by atoms with Crippen molar-refractivity contribution < 1.29 is 18.3 Å². The molecule has 2 rings (SSSR count). The molecule has 1 aromatic rings. The molecule has 0 amide bonds. The van der Waals surface area contributed by atoms with Gasteiger partial charge in [0.25, 0.3) is 0 Å². The molecule has 0 bridgehead atoms. The highest BCUT2D eigenvalue weighted by Gasteiger charge is 2.22. The van der Waals surface area contributed by atoms with Crippen LogP contribution in [0.4, 0.5) is 0 Å². The minimum Gasteiger partial charge on any atom is -0.392 e. The van der Waals surface area contributed by atoms with Crippen molar-refractivity contribution in [2.45, 2.75) is 31.3 Å². The van der Waals surface area contributed by atoms with Gasteiger partial charge in [-0.25, -0.2) is 13.1 Å². The van der Waals surface area contributed by atoms with Gasteiger partial charge in [0, 0.05) is 18.2 Å². The second kappa shape index (κ2) is 7.07. The van der Waals surface area contributed by atoms with Crippen LogP contribution in [0.15, 0.2) is 17.0 Å². The fourth-order valence-corrected chi connectivity index (χ4v) is 4.16. The van der Waals surface area contributed by atoms with E-state index in [1.54, 1.807) is 13.0 Å². The van der Waals surface area contributed by atoms with Crippen molar-refractivity contribution in [2.75, 3.05) is 19.8 Å². The largest absolute Gasteiger partial charge is 0.392 e. The molecule has 1 fully saturated rings. The molecule has 21 heavy (non-hydrogen) atoms. The minimum absolute atomic E-state index is 0.121. The van der Waals surface area contributed by atoms with Crippen LogP contribution >= 0.6 is 11.6 Å². The summed E-state index contributed by atoms with van der Waals surface area (Å²) in [4.78, 5) is 0.121. The predicted octanol–water partition coefficient (Wildman–Crippen LogP) is 1.85. The molecule has 118 valence electrons. The van der Waals surface area contributed by atoms with Crippen molar-refractivity contribution in [2.24, 2.45) is 5.92 Å². The van der Waals surface area contributed by atoms with Gasteiger partial charge < -0.3 is 9.84 Å². The predicted molar refractivity (Wildman–Crippen MR) is 80.8 cm³/mol. The summed E-state index contributed by atoms with van der Waals surface area (Å²) >= 11 is 5.93. The zero-order chi connectivity index (χ0) is 15.5. The first-order chi connectivity index (χ1) is 9.94. The maximum absolute atomic E-state index is 12.4. The number of hydrogen-bond donors (Lipinski definition) is 2. The van der Waals surface area contributed by atoms with Crippen molar-refractivity contribution in [3.8, 4) is 0 Å². The van der Waals surface area contributed by atoms with E-state index in [1.807, 2.05) is 0 Å². The Kier molecular flexibility index (Phi) is 5.62. The monoisotopic (exact) mass is 333 g/mol. The fourth-order valence-electron chi connectivity index (χ4n) is 2.43. The Morgan fingerprint density at radius 3 is 2.86 bits per heavy atom. The van der Waals surface area contributed by atoms with Gasteiger partial charge in [0.2, 0.25) is 10.0 Å². The number of hydrogen-bond acceptors (Lipinski definition) is 4. The number of nitrogens with one attached hydrogen (secondary N) is 1. The summed E-state index contributed by atoms with van der Waals surface area (Å²) < 4.78 is 32.8. The lowest BCUT2D eigenvalue weighted by atomic mass is 10.0. The summed E-state index contributed by atoms with van der Waals surface area (Å²) in [6.07, 6.45) is 1.91. The van der Waals surface area contributed by atoms with Crippen molar-refractivity contribution >= 4 is 21.6 Å². The van der Waals surface area contributed by atoms with Crippen LogP contribution in [-0.4, -0.2) is 33.3 Å². The molecule has 1 aromatic carbocycles. The van der Waals surface area contributed by atoms with E-state index in [4.69, 9.17) is 16.3 Å². The molecule has 0 spiro atoms. The molecule has 1 unspecified atom stereocenters. The lowest BCUT2D eigenvalue weighted by molar-refractivity contribution is 0.0568. The van der Waals surface area contributed by atoms with Gasteiger partial charge in [-0.05, 0) is 48.9 Å². The number of rotatable bonds is 5. The van der Waals surface area contributed by atoms with Gasteiger partial charge in [-0.2, -0.15) is 0 Å². The highest BCUT2D eigenvalue weighted by atomic mass is 35.5. The van der Waals surface area contributed by atoms with E-state index < -0.39 is 10.0 Å². The Bertz CT molecular complexity index is 597. The second-order valence-corrected chi connectivity index (χ2v) is 7.45. The number of aliphatic hydroxyl groups excluding tert-OH is 1. The molecule has 1 saturated heterocycles. The average Bonchev–Trinajstić information content (AvgIpc) is 2.48. The van der Waals surface area contributed by atoms with Crippen LogP contribution in [0.25, 0.3) is 0 Å². The van der Waals surface area contributed by atoms with Gasteiger partial charge in [0.05, 0.1) is 18.1 Å². The summed E-state index contributed by atoms with van der Waals surface area (Å²) in [6.45, 7) is 3.10. The van der Waals surface area contributed by atoms with Gasteiger partial charge in [-0.1, -0.05) is 11.6 Å². The van der Waals surface area contributed by atoms with E-state index in [9.17, 15) is 13.5 Å². The smallest absolute Gasteiger partial charge is 0.240 e. The molecule has 0 aromatic heterocycles. The zero-order valence-electron chi connectivity index (χ0n) is 11.9. The first-order valence-corrected chi connectivity index (χ1v) is 8.77. The first-order valence-electron chi connectivity index (χ1n) is 6.91. The number of ether oxygens (including phenoxy) is 1. The zero-order valence-corrected chi connectivity index (χ0v) is 13.5. The summed E-state index contributed by atoms with van der Waals surface area (Å²) in [5, 5.41) is 9.57. The standard InChI is InChI=1S/C14H20ClNO4S/c1-10-12(8-17)5-13(15)6-14(10)21(18,19)16-7-11-3-2-4-20-9-11/h5-6,11,16-17H,2-4,7-9H2,1H3. The maximum Gasteiger partial charge on any atom is 0.240 e. The highest BCUT2D eigenvalue weighted by Crippen LogP contribution is 2.25. The Morgan fingerprint density at radius 2 is 2.24 bits per heavy atom. The SMILES string of the molecule is Cc1c(CO)cc(Cl)cc1S(=O)(=O)NCC1CCCOC1. The number of benzene rings is 1. The molecule has 7 heteroatoms. The van der Waals surface area contributed by atoms with Crippen LogP contribution in [0, 0.1) is 12.8 Å². The van der Waals surface area contributed by atoms with E-state index in [0.717, 1.165) is 19.4 Å². The van der Waals surface area contributed by atoms with Gasteiger partial charge in [-0.3, -0.25) is 0 Å². The Hall–Kier alpha value is -0.660. The minimum atomic E-state index is -3.65. The summed E-state index contributed by atoms with van der Waals surface area (Å²) in [5.41, 5.74) is 1.04. The molecular weight excluding hydrogens is 314 g/mol. The van der Waals surface area contributed by atoms with E-state index in [1.165, 1.54) is 6.07 Å². The van der Waals surface area contributed by atoms with E-state index in [-0.39, 0.29) is 17.4 Å². The maximum atomic E-state index is 12.4. The van der Waals surface area contributed by atoms with Gasteiger partial charge >= 0.3 is 0 Å². The van der Waals surface area contributed by atoms with Crippen LogP contribution in [0.1, 0.15) is 24.0 Å². The lowest BCUT2D eigenvalue weighted by Crippen LogP contribution is -2.33. The van der Waals surface area contributed by atoms with Gasteiger partial charge in [0.1, 0.15) is 0 Å². The summed E-state index contributed by atoms with van der Waals surface area (Å²) in [7, 11) is -3.65. The third-order valence-electron chi connectivity index (χ3n) is 3.71. The van der Waals surface area contributed by atoms with E-state index in [0.29, 0.717) is 29.3 Å². The Labute approximate surface area is 130 Å². The van der Waals surface area contributed by atoms with Gasteiger partial charge in [0.15, 0.2) is 0 Å². The number of halogens is 1. The average molecular weight is 334 g/mol. The number of sulfonamides is 1. The van der Waals surface area contributed by atoms with Crippen molar-refractivity contribution in [3.63, 3.8) is 0 Å². The molecule has 0 saturated carbocycles. The third-order valence-corrected chi connectivity index (χ3v) is 5.48. The molecule has 1 heterocycles. The fraction of sp³-hybridized carbons (Fsp3) is 0.571. The summed E-state index contributed by atoms with van der Waals surface area (Å²) in [6, 6.07) is 2.99. The number of aliphatic hydroxyl groups is 1. The van der Waals surface area contributed by atoms with Crippen molar-refractivity contribution in [1.29, 1.82) is 0 Å². The third kappa shape index (κ3) is 4.17. The molecule has 5 nitrogen and oxygen atoms in total. The molecule has 1 atom stereocenters. The van der Waals surface area contributed by atoms with E-state index in [2.05, 4.69) is 4.72 Å². The summed E-state index contributed by atoms with van der Waals surface area (Å²) in [5.74, 6) is 0.199. The van der Waals surface area contributed by atoms with Crippen LogP contribution in [-0.2, 0) is 21.4 Å². The van der Waals surface area contributed by atoms with Crippen LogP contribution in [0.5, 0.6) is 0 Å². The van der Waals surface area contributed by atoms with Gasteiger partial charge in [-0.15, -0.1) is 0 Å². The Balaban J connectivity index is 2.17. The molecule has 1 aliphatic rings. The van der Waals surface area contributed by atoms with Crippen LogP contribution in [0.3, 0.4) is 0 Å².